The van der Waals surface area contributed by atoms with Gasteiger partial charge in [0.1, 0.15) is 19.3 Å². The van der Waals surface area contributed by atoms with Crippen LogP contribution in [0.5, 0.6) is 0 Å². The number of phosphoric ester groups is 2. The van der Waals surface area contributed by atoms with Gasteiger partial charge < -0.3 is 33.8 Å². The highest BCUT2D eigenvalue weighted by atomic mass is 31.2. The van der Waals surface area contributed by atoms with Crippen molar-refractivity contribution in [3.05, 3.63) is 97.2 Å². The fourth-order valence-electron chi connectivity index (χ4n) is 11.2. The molecular weight excluding hydrogens is 1350 g/mol. The highest BCUT2D eigenvalue weighted by Crippen LogP contribution is 2.45. The molecule has 0 spiro atoms. The van der Waals surface area contributed by atoms with Crippen LogP contribution in [0.25, 0.3) is 0 Å². The van der Waals surface area contributed by atoms with Crippen molar-refractivity contribution in [1.82, 2.24) is 0 Å². The highest BCUT2D eigenvalue weighted by molar-refractivity contribution is 7.47. The monoisotopic (exact) mass is 1510 g/mol. The van der Waals surface area contributed by atoms with E-state index in [1.54, 1.807) is 0 Å². The molecule has 5 atom stereocenters. The summed E-state index contributed by atoms with van der Waals surface area (Å²) in [5, 5.41) is 10.6. The van der Waals surface area contributed by atoms with Gasteiger partial charge in [0, 0.05) is 25.7 Å². The number of carbonyl (C=O) groups excluding carboxylic acids is 4. The standard InChI is InChI=1S/C85H150O17P2/c1-5-9-13-17-21-25-29-33-36-39-42-46-49-53-57-61-65-69-82(87)95-75-80(101-84(89)71-67-63-59-55-51-45-32-28-24-20-16-12-8-4)77-99-103(91,92)97-73-79(86)74-98-104(93,94)100-78-81(102-85(90)72-68-64-60-56-52-48-44-41-38-35-31-27-23-19-15-11-7-3)76-96-83(88)70-66-62-58-54-50-47-43-40-37-34-30-26-22-18-14-10-6-2/h21-22,25-26,33-34,36-37,42-43,46-47,53-54,57-58,79-81,86H,5-20,23-24,27-32,35,38-41,44-45,48-52,55-56,59-78H2,1-4H3,(H,91,92)(H,93,94)/b25-21-,26-22-,36-33-,37-34-,46-42-,47-43-,57-53-,58-54-/t79-,80+,81+/m0/s1. The van der Waals surface area contributed by atoms with E-state index >= 15 is 0 Å². The molecule has 104 heavy (non-hydrogen) atoms. The molecule has 19 heteroatoms. The quantitative estimate of drug-likeness (QED) is 0.0169. The third-order valence-corrected chi connectivity index (χ3v) is 19.5. The molecule has 0 saturated carbocycles. The van der Waals surface area contributed by atoms with Gasteiger partial charge in [-0.2, -0.15) is 0 Å². The first-order chi connectivity index (χ1) is 50.7. The van der Waals surface area contributed by atoms with E-state index in [4.69, 9.17) is 37.0 Å². The molecule has 2 unspecified atom stereocenters. The Morgan fingerprint density at radius 1 is 0.269 bits per heavy atom. The molecule has 3 N–H and O–H groups in total. The number of phosphoric acid groups is 2. The number of allylic oxidation sites excluding steroid dienone is 16. The van der Waals surface area contributed by atoms with Crippen LogP contribution in [0.1, 0.15) is 362 Å². The van der Waals surface area contributed by atoms with Crippen LogP contribution in [0.4, 0.5) is 0 Å². The molecule has 0 amide bonds. The van der Waals surface area contributed by atoms with Crippen LogP contribution >= 0.6 is 15.6 Å². The summed E-state index contributed by atoms with van der Waals surface area (Å²) in [4.78, 5) is 73.0. The Hall–Kier alpha value is -4.02. The van der Waals surface area contributed by atoms with Crippen molar-refractivity contribution < 1.29 is 80.2 Å². The van der Waals surface area contributed by atoms with Crippen LogP contribution < -0.4 is 0 Å². The molecular formula is C85H150O17P2. The van der Waals surface area contributed by atoms with Crippen LogP contribution in [-0.2, 0) is 65.4 Å². The molecule has 0 heterocycles. The smallest absolute Gasteiger partial charge is 0.462 e. The number of unbranched alkanes of at least 4 members (excludes halogenated alkanes) is 36. The molecule has 0 aromatic carbocycles. The van der Waals surface area contributed by atoms with E-state index in [0.717, 1.165) is 103 Å². The Morgan fingerprint density at radius 3 is 0.750 bits per heavy atom. The zero-order chi connectivity index (χ0) is 76.0. The minimum absolute atomic E-state index is 0.0857. The lowest BCUT2D eigenvalue weighted by molar-refractivity contribution is -0.161. The molecule has 0 saturated heterocycles. The van der Waals surface area contributed by atoms with E-state index in [2.05, 4.69) is 101 Å². The van der Waals surface area contributed by atoms with Gasteiger partial charge in [0.15, 0.2) is 12.2 Å². The number of aliphatic hydroxyl groups excluding tert-OH is 1. The van der Waals surface area contributed by atoms with Crippen LogP contribution in [-0.4, -0.2) is 96.7 Å². The summed E-state index contributed by atoms with van der Waals surface area (Å²) in [5.41, 5.74) is 0. The van der Waals surface area contributed by atoms with Crippen molar-refractivity contribution in [3.8, 4) is 0 Å². The second-order valence-corrected chi connectivity index (χ2v) is 30.6. The number of hydrogen-bond donors (Lipinski definition) is 3. The van der Waals surface area contributed by atoms with Gasteiger partial charge in [0.2, 0.25) is 0 Å². The lowest BCUT2D eigenvalue weighted by atomic mass is 10.0. The fraction of sp³-hybridized carbons (Fsp3) is 0.765. The summed E-state index contributed by atoms with van der Waals surface area (Å²) in [6.07, 6.45) is 82.5. The van der Waals surface area contributed by atoms with Gasteiger partial charge in [-0.3, -0.25) is 37.3 Å². The maximum atomic E-state index is 13.1. The Bertz CT molecular complexity index is 2350. The van der Waals surface area contributed by atoms with Crippen molar-refractivity contribution in [2.24, 2.45) is 0 Å². The fourth-order valence-corrected chi connectivity index (χ4v) is 12.8. The zero-order valence-corrected chi connectivity index (χ0v) is 67.7. The van der Waals surface area contributed by atoms with Gasteiger partial charge in [0.05, 0.1) is 26.4 Å². The van der Waals surface area contributed by atoms with Crippen molar-refractivity contribution in [2.45, 2.75) is 380 Å². The average molecular weight is 1510 g/mol. The Morgan fingerprint density at radius 2 is 0.481 bits per heavy atom. The van der Waals surface area contributed by atoms with Gasteiger partial charge in [-0.15, -0.1) is 0 Å². The number of ether oxygens (including phenoxy) is 4. The summed E-state index contributed by atoms with van der Waals surface area (Å²) in [6.45, 7) is 4.76. The van der Waals surface area contributed by atoms with Crippen LogP contribution in [0.3, 0.4) is 0 Å². The first-order valence-corrected chi connectivity index (χ1v) is 44.5. The predicted octanol–water partition coefficient (Wildman–Crippen LogP) is 24.3. The topological polar surface area (TPSA) is 237 Å². The molecule has 602 valence electrons. The van der Waals surface area contributed by atoms with Crippen molar-refractivity contribution in [1.29, 1.82) is 0 Å². The van der Waals surface area contributed by atoms with Gasteiger partial charge in [-0.25, -0.2) is 9.13 Å². The Balaban J connectivity index is 5.42. The van der Waals surface area contributed by atoms with Crippen molar-refractivity contribution in [2.75, 3.05) is 39.6 Å². The van der Waals surface area contributed by atoms with Crippen molar-refractivity contribution in [3.63, 3.8) is 0 Å². The Kier molecular flexibility index (Phi) is 74.2. The summed E-state index contributed by atoms with van der Waals surface area (Å²) in [6, 6.07) is 0. The van der Waals surface area contributed by atoms with Crippen LogP contribution in [0, 0.1) is 0 Å². The summed E-state index contributed by atoms with van der Waals surface area (Å²) in [7, 11) is -9.98. The third-order valence-electron chi connectivity index (χ3n) is 17.6. The molecule has 0 radical (unpaired) electrons. The summed E-state index contributed by atoms with van der Waals surface area (Å²) in [5.74, 6) is -2.28. The Labute approximate surface area is 633 Å². The first-order valence-electron chi connectivity index (χ1n) is 41.5. The van der Waals surface area contributed by atoms with Gasteiger partial charge in [-0.1, -0.05) is 330 Å². The maximum absolute atomic E-state index is 13.1. The summed E-state index contributed by atoms with van der Waals surface area (Å²) < 4.78 is 68.6. The predicted molar refractivity (Wildman–Crippen MR) is 427 cm³/mol. The number of rotatable bonds is 78. The normalized spacial score (nSPS) is 14.3. The molecule has 0 bridgehead atoms. The molecule has 17 nitrogen and oxygen atoms in total. The minimum atomic E-state index is -4.99. The van der Waals surface area contributed by atoms with E-state index < -0.39 is 97.5 Å². The van der Waals surface area contributed by atoms with E-state index in [9.17, 15) is 43.2 Å². The van der Waals surface area contributed by atoms with E-state index in [1.165, 1.54) is 167 Å². The van der Waals surface area contributed by atoms with Gasteiger partial charge in [0.25, 0.3) is 0 Å². The number of aliphatic hydroxyl groups is 1. The largest absolute Gasteiger partial charge is 0.472 e. The number of carbonyl (C=O) groups is 4. The molecule has 0 aliphatic carbocycles. The average Bonchev–Trinajstić information content (AvgIpc) is 0.910. The van der Waals surface area contributed by atoms with E-state index in [-0.39, 0.29) is 25.7 Å². The molecule has 0 fully saturated rings. The second kappa shape index (κ2) is 77.1. The molecule has 0 aliphatic rings. The third kappa shape index (κ3) is 76.2. The second-order valence-electron chi connectivity index (χ2n) is 27.7. The number of esters is 4. The first kappa shape index (κ1) is 100.0. The lowest BCUT2D eigenvalue weighted by Crippen LogP contribution is -2.30. The van der Waals surface area contributed by atoms with Crippen molar-refractivity contribution >= 4 is 39.5 Å². The lowest BCUT2D eigenvalue weighted by Gasteiger charge is -2.21. The molecule has 0 rings (SSSR count). The molecule has 0 aromatic heterocycles. The highest BCUT2D eigenvalue weighted by Gasteiger charge is 2.30. The molecule has 0 aromatic rings. The SMILES string of the molecule is CCCCC/C=C\C/C=C\C/C=C\C/C=C\CCCC(=O)OC[C@H](COP(=O)(O)OC[C@H](O)COP(=O)(O)OC[C@@H](COC(=O)CCC/C=C\C/C=C\C/C=C\C/C=C\CCCCC)OC(=O)CCCCCCCCCCCCCCCCCCC)OC(=O)CCCCCCCCCCCCCCC. The molecule has 0 aliphatic heterocycles. The summed E-state index contributed by atoms with van der Waals surface area (Å²) >= 11 is 0. The van der Waals surface area contributed by atoms with Crippen LogP contribution in [0.2, 0.25) is 0 Å². The van der Waals surface area contributed by atoms with E-state index in [1.807, 2.05) is 24.3 Å². The van der Waals surface area contributed by atoms with E-state index in [0.29, 0.717) is 38.5 Å². The van der Waals surface area contributed by atoms with Crippen LogP contribution in [0.15, 0.2) is 97.2 Å². The minimum Gasteiger partial charge on any atom is -0.462 e. The zero-order valence-electron chi connectivity index (χ0n) is 65.9. The number of hydrogen-bond acceptors (Lipinski definition) is 15. The van der Waals surface area contributed by atoms with Gasteiger partial charge >= 0.3 is 39.5 Å². The maximum Gasteiger partial charge on any atom is 0.472 e. The van der Waals surface area contributed by atoms with Gasteiger partial charge in [-0.05, 0) is 103 Å².